The van der Waals surface area contributed by atoms with Gasteiger partial charge in [-0.15, -0.1) is 0 Å². The summed E-state index contributed by atoms with van der Waals surface area (Å²) in [6, 6.07) is 3.25. The minimum Gasteiger partial charge on any atom is -0.508 e. The molecular weight excluding hydrogens is 234 g/mol. The lowest BCUT2D eigenvalue weighted by Crippen LogP contribution is -2.21. The smallest absolute Gasteiger partial charge is 0.508 e. The Balaban J connectivity index is 3.07. The second-order valence-electron chi connectivity index (χ2n) is 2.99. The van der Waals surface area contributed by atoms with E-state index in [-0.39, 0.29) is 10.8 Å². The van der Waals surface area contributed by atoms with E-state index in [1.54, 1.807) is 19.2 Å². The zero-order valence-electron chi connectivity index (χ0n) is 8.94. The van der Waals surface area contributed by atoms with Gasteiger partial charge in [-0.1, -0.05) is 11.6 Å². The molecule has 0 aliphatic rings. The molecule has 88 valence electrons. The zero-order chi connectivity index (χ0) is 12.1. The van der Waals surface area contributed by atoms with Gasteiger partial charge in [-0.25, -0.2) is 0 Å². The molecule has 0 atom stereocenters. The van der Waals surface area contributed by atoms with Crippen molar-refractivity contribution in [2.24, 2.45) is 0 Å². The van der Waals surface area contributed by atoms with Crippen LogP contribution in [0, 0.1) is 0 Å². The van der Waals surface area contributed by atoms with Crippen LogP contribution in [0.25, 0.3) is 0 Å². The quantitative estimate of drug-likeness (QED) is 0.754. The van der Waals surface area contributed by atoms with E-state index in [9.17, 15) is 0 Å². The van der Waals surface area contributed by atoms with Gasteiger partial charge in [0.05, 0.1) is 18.7 Å². The third-order valence-electron chi connectivity index (χ3n) is 1.82. The van der Waals surface area contributed by atoms with Crippen LogP contribution in [-0.2, 0) is 11.3 Å². The lowest BCUT2D eigenvalue weighted by molar-refractivity contribution is 0.184. The molecule has 0 heterocycles. The molecule has 0 radical (unpaired) electrons. The number of hydrogen-bond acceptors (Lipinski definition) is 5. The molecule has 0 bridgehead atoms. The average Bonchev–Trinajstić information content (AvgIpc) is 2.21. The van der Waals surface area contributed by atoms with Gasteiger partial charge in [0.15, 0.2) is 11.5 Å². The van der Waals surface area contributed by atoms with E-state index in [1.807, 2.05) is 0 Å². The topological polar surface area (TPSA) is 68.2 Å². The minimum atomic E-state index is -1.94. The number of rotatable bonds is 5. The van der Waals surface area contributed by atoms with Gasteiger partial charge in [0.25, 0.3) is 0 Å². The Bertz CT molecular complexity index is 358. The summed E-state index contributed by atoms with van der Waals surface area (Å²) < 4.78 is 14.7. The second kappa shape index (κ2) is 5.96. The molecule has 1 aromatic carbocycles. The molecule has 0 aromatic heterocycles. The summed E-state index contributed by atoms with van der Waals surface area (Å²) in [6.45, 7) is 0.373. The standard InChI is InChI=1S/C9H12BClO5/c1-14-5-6-3-7(11)9(16-10(12)13)8(4-6)15-2/h3-4,12-13H,5H2,1-2H3. The van der Waals surface area contributed by atoms with Gasteiger partial charge in [-0.3, -0.25) is 0 Å². The Morgan fingerprint density at radius 3 is 2.50 bits per heavy atom. The van der Waals surface area contributed by atoms with E-state index in [0.717, 1.165) is 5.56 Å². The highest BCUT2D eigenvalue weighted by Crippen LogP contribution is 2.36. The molecule has 0 spiro atoms. The highest BCUT2D eigenvalue weighted by atomic mass is 35.5. The van der Waals surface area contributed by atoms with Gasteiger partial charge in [-0.05, 0) is 17.7 Å². The fourth-order valence-corrected chi connectivity index (χ4v) is 1.52. The predicted molar refractivity (Wildman–Crippen MR) is 59.5 cm³/mol. The van der Waals surface area contributed by atoms with Crippen molar-refractivity contribution in [3.63, 3.8) is 0 Å². The van der Waals surface area contributed by atoms with Crippen molar-refractivity contribution < 1.29 is 24.2 Å². The lowest BCUT2D eigenvalue weighted by Gasteiger charge is -2.13. The number of halogens is 1. The van der Waals surface area contributed by atoms with E-state index in [2.05, 4.69) is 0 Å². The fraction of sp³-hybridized carbons (Fsp3) is 0.333. The largest absolute Gasteiger partial charge is 0.707 e. The molecule has 0 amide bonds. The van der Waals surface area contributed by atoms with E-state index in [4.69, 9.17) is 35.8 Å². The monoisotopic (exact) mass is 246 g/mol. The predicted octanol–water partition coefficient (Wildman–Crippen LogP) is 0.843. The van der Waals surface area contributed by atoms with Gasteiger partial charge in [0.2, 0.25) is 0 Å². The van der Waals surface area contributed by atoms with Crippen LogP contribution in [0.5, 0.6) is 11.5 Å². The maximum absolute atomic E-state index is 8.72. The van der Waals surface area contributed by atoms with Gasteiger partial charge in [0.1, 0.15) is 0 Å². The van der Waals surface area contributed by atoms with Crippen LogP contribution in [0.15, 0.2) is 12.1 Å². The number of ether oxygens (including phenoxy) is 2. The first-order valence-corrected chi connectivity index (χ1v) is 4.84. The van der Waals surface area contributed by atoms with Gasteiger partial charge in [-0.2, -0.15) is 0 Å². The summed E-state index contributed by atoms with van der Waals surface area (Å²) in [5.41, 5.74) is 0.795. The Hall–Kier alpha value is -0.945. The van der Waals surface area contributed by atoms with E-state index in [0.29, 0.717) is 12.4 Å². The van der Waals surface area contributed by atoms with Crippen LogP contribution in [0.3, 0.4) is 0 Å². The van der Waals surface area contributed by atoms with Gasteiger partial charge < -0.3 is 24.2 Å². The molecule has 0 saturated heterocycles. The molecule has 1 aromatic rings. The normalized spacial score (nSPS) is 10.1. The second-order valence-corrected chi connectivity index (χ2v) is 3.39. The summed E-state index contributed by atoms with van der Waals surface area (Å²) in [7, 11) is 1.04. The van der Waals surface area contributed by atoms with E-state index in [1.165, 1.54) is 7.11 Å². The first-order chi connectivity index (χ1) is 7.58. The molecule has 0 saturated carbocycles. The van der Waals surface area contributed by atoms with Crippen molar-refractivity contribution in [1.29, 1.82) is 0 Å². The molecular formula is C9H12BClO5. The van der Waals surface area contributed by atoms with Crippen LogP contribution in [0.2, 0.25) is 5.02 Å². The molecule has 7 heteroatoms. The maximum atomic E-state index is 8.72. The Labute approximate surface area is 98.7 Å². The van der Waals surface area contributed by atoms with Crippen LogP contribution < -0.4 is 9.39 Å². The molecule has 0 aliphatic carbocycles. The van der Waals surface area contributed by atoms with Crippen LogP contribution in [0.1, 0.15) is 5.56 Å². The highest BCUT2D eigenvalue weighted by molar-refractivity contribution is 6.36. The summed E-state index contributed by atoms with van der Waals surface area (Å²) in [5.74, 6) is 0.395. The Kier molecular flexibility index (Phi) is 4.88. The van der Waals surface area contributed by atoms with Crippen molar-refractivity contribution in [1.82, 2.24) is 0 Å². The number of hydrogen-bond donors (Lipinski definition) is 2. The fourth-order valence-electron chi connectivity index (χ4n) is 1.24. The van der Waals surface area contributed by atoms with Crippen molar-refractivity contribution in [3.05, 3.63) is 22.7 Å². The molecule has 5 nitrogen and oxygen atoms in total. The third kappa shape index (κ3) is 3.28. The molecule has 2 N–H and O–H groups in total. The molecule has 16 heavy (non-hydrogen) atoms. The Morgan fingerprint density at radius 1 is 1.31 bits per heavy atom. The first kappa shape index (κ1) is 13.1. The van der Waals surface area contributed by atoms with Crippen LogP contribution in [-0.4, -0.2) is 31.6 Å². The summed E-state index contributed by atoms with van der Waals surface area (Å²) in [5, 5.41) is 17.7. The molecule has 0 aliphatic heterocycles. The minimum absolute atomic E-state index is 0.0824. The molecule has 1 rings (SSSR count). The average molecular weight is 246 g/mol. The van der Waals surface area contributed by atoms with Crippen molar-refractivity contribution >= 4 is 18.9 Å². The van der Waals surface area contributed by atoms with Crippen molar-refractivity contribution in [2.75, 3.05) is 14.2 Å². The SMILES string of the molecule is COCc1cc(Cl)c(OB(O)O)c(OC)c1. The van der Waals surface area contributed by atoms with Crippen LogP contribution >= 0.6 is 11.6 Å². The zero-order valence-corrected chi connectivity index (χ0v) is 9.69. The summed E-state index contributed by atoms with van der Waals surface area (Å²) in [4.78, 5) is 0. The highest BCUT2D eigenvalue weighted by Gasteiger charge is 2.18. The third-order valence-corrected chi connectivity index (χ3v) is 2.10. The molecule has 0 unspecified atom stereocenters. The van der Waals surface area contributed by atoms with Crippen molar-refractivity contribution in [3.8, 4) is 11.5 Å². The van der Waals surface area contributed by atoms with E-state index < -0.39 is 7.32 Å². The van der Waals surface area contributed by atoms with Crippen LogP contribution in [0.4, 0.5) is 0 Å². The summed E-state index contributed by atoms with van der Waals surface area (Å²) >= 11 is 5.91. The first-order valence-electron chi connectivity index (χ1n) is 4.46. The van der Waals surface area contributed by atoms with Gasteiger partial charge in [0, 0.05) is 7.11 Å². The number of methoxy groups -OCH3 is 2. The molecule has 0 fully saturated rings. The van der Waals surface area contributed by atoms with E-state index >= 15 is 0 Å². The lowest BCUT2D eigenvalue weighted by atomic mass is 10.2. The van der Waals surface area contributed by atoms with Gasteiger partial charge >= 0.3 is 7.32 Å². The Morgan fingerprint density at radius 2 is 2.00 bits per heavy atom. The summed E-state index contributed by atoms with van der Waals surface area (Å²) in [6.07, 6.45) is 0. The maximum Gasteiger partial charge on any atom is 0.707 e. The number of benzene rings is 1. The van der Waals surface area contributed by atoms with Crippen molar-refractivity contribution in [2.45, 2.75) is 6.61 Å².